The number of esters is 4. The largest absolute Gasteiger partial charge is 0.463 e. The standard InChI is InChI=1S/C35H37NO10/c1-19-16-27(26-8-7-9-28(17-26)35(41)36-6)14-15-29(19)24-10-12-25(13-11-24)31-33(44-22(4)39)34(45-23(5)40)32(43-21(3)38)30(46-31)18-42-20(2)37/h7-17,30-34H,18H2,1-6H3,(H,36,41)/t30-,31-,32-,33-,34+/m1/s1. The number of carbonyl (C=O) groups excluding carboxylic acids is 5. The SMILES string of the molecule is CNC(=O)c1cccc(-c2ccc(-c3ccc([C@H]4O[C@H](COC(C)=O)[C@@H](OC(C)=O)[C@H](OC(C)=O)[C@@H]4OC(C)=O)cc3)c(C)c2)c1. The van der Waals surface area contributed by atoms with Crippen molar-refractivity contribution in [2.24, 2.45) is 0 Å². The Labute approximate surface area is 267 Å². The molecule has 4 rings (SSSR count). The number of carbonyl (C=O) groups is 5. The lowest BCUT2D eigenvalue weighted by Gasteiger charge is -2.44. The van der Waals surface area contributed by atoms with Crippen molar-refractivity contribution in [3.8, 4) is 22.3 Å². The molecule has 3 aromatic carbocycles. The van der Waals surface area contributed by atoms with Crippen molar-refractivity contribution in [2.75, 3.05) is 13.7 Å². The maximum Gasteiger partial charge on any atom is 0.303 e. The lowest BCUT2D eigenvalue weighted by Crippen LogP contribution is -2.59. The zero-order chi connectivity index (χ0) is 33.5. The van der Waals surface area contributed by atoms with Crippen LogP contribution in [0.15, 0.2) is 66.7 Å². The first-order valence-corrected chi connectivity index (χ1v) is 14.7. The molecule has 1 fully saturated rings. The van der Waals surface area contributed by atoms with Crippen LogP contribution in [0.2, 0.25) is 0 Å². The van der Waals surface area contributed by atoms with Gasteiger partial charge in [0.2, 0.25) is 0 Å². The topological polar surface area (TPSA) is 144 Å². The van der Waals surface area contributed by atoms with E-state index >= 15 is 0 Å². The van der Waals surface area contributed by atoms with E-state index in [1.165, 1.54) is 27.7 Å². The van der Waals surface area contributed by atoms with Crippen LogP contribution in [0.4, 0.5) is 0 Å². The highest BCUT2D eigenvalue weighted by Gasteiger charge is 2.52. The molecule has 46 heavy (non-hydrogen) atoms. The summed E-state index contributed by atoms with van der Waals surface area (Å²) in [4.78, 5) is 60.1. The number of hydrogen-bond donors (Lipinski definition) is 1. The molecule has 0 saturated carbocycles. The van der Waals surface area contributed by atoms with Gasteiger partial charge in [-0.3, -0.25) is 24.0 Å². The van der Waals surface area contributed by atoms with Crippen LogP contribution in [0, 0.1) is 6.92 Å². The molecule has 1 heterocycles. The van der Waals surface area contributed by atoms with Crippen LogP contribution in [0.25, 0.3) is 22.3 Å². The Bertz CT molecular complexity index is 1620. The molecular formula is C35H37NO10. The fourth-order valence-electron chi connectivity index (χ4n) is 5.50. The lowest BCUT2D eigenvalue weighted by molar-refractivity contribution is -0.254. The molecule has 0 aromatic heterocycles. The predicted octanol–water partition coefficient (Wildman–Crippen LogP) is 4.49. The van der Waals surface area contributed by atoms with E-state index < -0.39 is 54.4 Å². The van der Waals surface area contributed by atoms with E-state index in [1.54, 1.807) is 25.2 Å². The molecule has 0 bridgehead atoms. The Morgan fingerprint density at radius 2 is 1.28 bits per heavy atom. The van der Waals surface area contributed by atoms with E-state index in [9.17, 15) is 24.0 Å². The fraction of sp³-hybridized carbons (Fsp3) is 0.343. The van der Waals surface area contributed by atoms with Crippen molar-refractivity contribution in [3.63, 3.8) is 0 Å². The molecule has 11 heteroatoms. The number of rotatable bonds is 9. The fourth-order valence-corrected chi connectivity index (χ4v) is 5.50. The highest BCUT2D eigenvalue weighted by atomic mass is 16.7. The van der Waals surface area contributed by atoms with Crippen LogP contribution in [0.5, 0.6) is 0 Å². The molecule has 3 aromatic rings. The van der Waals surface area contributed by atoms with Crippen LogP contribution < -0.4 is 5.32 Å². The molecule has 1 N–H and O–H groups in total. The summed E-state index contributed by atoms with van der Waals surface area (Å²) in [5.41, 5.74) is 5.90. The monoisotopic (exact) mass is 631 g/mol. The van der Waals surface area contributed by atoms with Gasteiger partial charge in [0.1, 0.15) is 18.8 Å². The van der Waals surface area contributed by atoms with Crippen molar-refractivity contribution < 1.29 is 47.7 Å². The van der Waals surface area contributed by atoms with Crippen molar-refractivity contribution >= 4 is 29.8 Å². The summed E-state index contributed by atoms with van der Waals surface area (Å²) in [6.45, 7) is 6.48. The lowest BCUT2D eigenvalue weighted by atomic mass is 9.89. The summed E-state index contributed by atoms with van der Waals surface area (Å²) in [5, 5.41) is 2.64. The van der Waals surface area contributed by atoms with E-state index in [0.717, 1.165) is 27.8 Å². The summed E-state index contributed by atoms with van der Waals surface area (Å²) < 4.78 is 28.1. The molecule has 0 radical (unpaired) electrons. The second-order valence-corrected chi connectivity index (χ2v) is 10.9. The highest BCUT2D eigenvalue weighted by molar-refractivity contribution is 5.95. The zero-order valence-corrected chi connectivity index (χ0v) is 26.5. The second-order valence-electron chi connectivity index (χ2n) is 10.9. The number of amides is 1. The number of aryl methyl sites for hydroxylation is 1. The molecule has 1 amide bonds. The zero-order valence-electron chi connectivity index (χ0n) is 26.5. The molecule has 1 saturated heterocycles. The van der Waals surface area contributed by atoms with Gasteiger partial charge < -0.3 is 29.0 Å². The van der Waals surface area contributed by atoms with Gasteiger partial charge >= 0.3 is 23.9 Å². The van der Waals surface area contributed by atoms with Gasteiger partial charge in [0.05, 0.1) is 0 Å². The number of benzene rings is 3. The van der Waals surface area contributed by atoms with Crippen LogP contribution in [-0.4, -0.2) is 67.9 Å². The quantitative estimate of drug-likeness (QED) is 0.265. The first kappa shape index (κ1) is 33.9. The van der Waals surface area contributed by atoms with Crippen molar-refractivity contribution in [1.29, 1.82) is 0 Å². The van der Waals surface area contributed by atoms with Gasteiger partial charge in [-0.1, -0.05) is 54.6 Å². The molecule has 0 aliphatic carbocycles. The Hall–Kier alpha value is -5.03. The van der Waals surface area contributed by atoms with Gasteiger partial charge in [-0.25, -0.2) is 0 Å². The summed E-state index contributed by atoms with van der Waals surface area (Å²) >= 11 is 0. The van der Waals surface area contributed by atoms with E-state index in [-0.39, 0.29) is 12.5 Å². The summed E-state index contributed by atoms with van der Waals surface area (Å²) in [6, 6.07) is 20.8. The molecule has 5 atom stereocenters. The molecule has 242 valence electrons. The third kappa shape index (κ3) is 8.16. The van der Waals surface area contributed by atoms with Crippen molar-refractivity contribution in [2.45, 2.75) is 65.1 Å². The maximum absolute atomic E-state index is 12.2. The van der Waals surface area contributed by atoms with Crippen LogP contribution in [-0.2, 0) is 42.9 Å². The average Bonchev–Trinajstić information content (AvgIpc) is 3.01. The van der Waals surface area contributed by atoms with E-state index in [4.69, 9.17) is 23.7 Å². The minimum atomic E-state index is -1.25. The normalized spacial score (nSPS) is 20.6. The van der Waals surface area contributed by atoms with Gasteiger partial charge in [0.15, 0.2) is 18.3 Å². The Kier molecular flexibility index (Phi) is 10.9. The summed E-state index contributed by atoms with van der Waals surface area (Å²) in [7, 11) is 1.59. The van der Waals surface area contributed by atoms with Gasteiger partial charge in [-0.15, -0.1) is 0 Å². The molecule has 1 aliphatic rings. The van der Waals surface area contributed by atoms with Crippen LogP contribution >= 0.6 is 0 Å². The van der Waals surface area contributed by atoms with Gasteiger partial charge in [-0.05, 0) is 52.4 Å². The van der Waals surface area contributed by atoms with Crippen molar-refractivity contribution in [1.82, 2.24) is 5.32 Å². The van der Waals surface area contributed by atoms with Crippen LogP contribution in [0.3, 0.4) is 0 Å². The molecule has 1 aliphatic heterocycles. The molecular weight excluding hydrogens is 594 g/mol. The van der Waals surface area contributed by atoms with E-state index in [1.807, 2.05) is 55.5 Å². The summed E-state index contributed by atoms with van der Waals surface area (Å²) in [5.74, 6) is -2.79. The Morgan fingerprint density at radius 1 is 0.696 bits per heavy atom. The minimum Gasteiger partial charge on any atom is -0.463 e. The minimum absolute atomic E-state index is 0.160. The first-order chi connectivity index (χ1) is 21.9. The predicted molar refractivity (Wildman–Crippen MR) is 166 cm³/mol. The average molecular weight is 632 g/mol. The third-order valence-corrected chi connectivity index (χ3v) is 7.45. The van der Waals surface area contributed by atoms with Gasteiger partial charge in [0, 0.05) is 40.3 Å². The van der Waals surface area contributed by atoms with E-state index in [0.29, 0.717) is 11.1 Å². The molecule has 11 nitrogen and oxygen atoms in total. The highest BCUT2D eigenvalue weighted by Crippen LogP contribution is 2.39. The van der Waals surface area contributed by atoms with Crippen LogP contribution in [0.1, 0.15) is 55.3 Å². The Balaban J connectivity index is 1.68. The second kappa shape index (κ2) is 14.8. The van der Waals surface area contributed by atoms with E-state index in [2.05, 4.69) is 5.32 Å². The Morgan fingerprint density at radius 3 is 1.87 bits per heavy atom. The first-order valence-electron chi connectivity index (χ1n) is 14.7. The summed E-state index contributed by atoms with van der Waals surface area (Å²) in [6.07, 6.45) is -5.66. The molecule has 0 spiro atoms. The van der Waals surface area contributed by atoms with Crippen molar-refractivity contribution in [3.05, 3.63) is 83.4 Å². The smallest absolute Gasteiger partial charge is 0.303 e. The number of ether oxygens (including phenoxy) is 5. The third-order valence-electron chi connectivity index (χ3n) is 7.45. The number of hydrogen-bond acceptors (Lipinski definition) is 10. The van der Waals surface area contributed by atoms with Gasteiger partial charge in [0.25, 0.3) is 5.91 Å². The molecule has 0 unspecified atom stereocenters. The van der Waals surface area contributed by atoms with Gasteiger partial charge in [-0.2, -0.15) is 0 Å². The number of nitrogens with one attached hydrogen (secondary N) is 1. The maximum atomic E-state index is 12.2.